The van der Waals surface area contributed by atoms with Crippen molar-refractivity contribution in [3.63, 3.8) is 0 Å². The zero-order valence-corrected chi connectivity index (χ0v) is 12.9. The van der Waals surface area contributed by atoms with Crippen LogP contribution < -0.4 is 4.90 Å². The van der Waals surface area contributed by atoms with Crippen LogP contribution in [0.25, 0.3) is 0 Å². The second-order valence-corrected chi connectivity index (χ2v) is 6.39. The SMILES string of the molecule is CC(C)(C)OC(=O)c1cnc(N2CCC(CO)CC2)nc1. The highest BCUT2D eigenvalue weighted by Gasteiger charge is 2.22. The lowest BCUT2D eigenvalue weighted by Gasteiger charge is -2.31. The topological polar surface area (TPSA) is 75.5 Å². The zero-order chi connectivity index (χ0) is 15.5. The predicted octanol–water partition coefficient (Wildman–Crippen LogP) is 1.64. The molecule has 0 spiro atoms. The zero-order valence-electron chi connectivity index (χ0n) is 12.9. The highest BCUT2D eigenvalue weighted by molar-refractivity contribution is 5.89. The van der Waals surface area contributed by atoms with Gasteiger partial charge in [0.05, 0.1) is 5.56 Å². The molecule has 21 heavy (non-hydrogen) atoms. The van der Waals surface area contributed by atoms with E-state index < -0.39 is 11.6 Å². The summed E-state index contributed by atoms with van der Waals surface area (Å²) in [6.07, 6.45) is 4.89. The molecule has 1 aliphatic heterocycles. The van der Waals surface area contributed by atoms with E-state index >= 15 is 0 Å². The molecule has 116 valence electrons. The van der Waals surface area contributed by atoms with Crippen molar-refractivity contribution in [2.24, 2.45) is 5.92 Å². The van der Waals surface area contributed by atoms with Crippen molar-refractivity contribution in [1.82, 2.24) is 9.97 Å². The van der Waals surface area contributed by atoms with Gasteiger partial charge in [-0.3, -0.25) is 0 Å². The fourth-order valence-electron chi connectivity index (χ4n) is 2.24. The van der Waals surface area contributed by atoms with Crippen molar-refractivity contribution < 1.29 is 14.6 Å². The first-order valence-electron chi connectivity index (χ1n) is 7.30. The van der Waals surface area contributed by atoms with Gasteiger partial charge in [0.2, 0.25) is 5.95 Å². The highest BCUT2D eigenvalue weighted by Crippen LogP contribution is 2.20. The van der Waals surface area contributed by atoms with Crippen LogP contribution >= 0.6 is 0 Å². The lowest BCUT2D eigenvalue weighted by atomic mass is 9.98. The molecule has 2 heterocycles. The van der Waals surface area contributed by atoms with E-state index in [1.807, 2.05) is 20.8 Å². The quantitative estimate of drug-likeness (QED) is 0.854. The molecule has 1 saturated heterocycles. The molecule has 0 aliphatic carbocycles. The van der Waals surface area contributed by atoms with Gasteiger partial charge in [0.25, 0.3) is 0 Å². The third-order valence-corrected chi connectivity index (χ3v) is 3.43. The monoisotopic (exact) mass is 293 g/mol. The van der Waals surface area contributed by atoms with E-state index in [0.717, 1.165) is 25.9 Å². The first-order chi connectivity index (χ1) is 9.89. The van der Waals surface area contributed by atoms with Crippen LogP contribution in [-0.2, 0) is 4.74 Å². The minimum atomic E-state index is -0.526. The molecule has 6 nitrogen and oxygen atoms in total. The van der Waals surface area contributed by atoms with Crippen molar-refractivity contribution in [1.29, 1.82) is 0 Å². The Hall–Kier alpha value is -1.69. The Morgan fingerprint density at radius 2 is 1.90 bits per heavy atom. The number of aromatic nitrogens is 2. The van der Waals surface area contributed by atoms with Crippen LogP contribution in [0.4, 0.5) is 5.95 Å². The van der Waals surface area contributed by atoms with E-state index in [1.54, 1.807) is 0 Å². The van der Waals surface area contributed by atoms with Crippen LogP contribution in [0.1, 0.15) is 44.0 Å². The summed E-state index contributed by atoms with van der Waals surface area (Å²) in [4.78, 5) is 22.5. The van der Waals surface area contributed by atoms with Gasteiger partial charge in [0.15, 0.2) is 0 Å². The molecular formula is C15H23N3O3. The van der Waals surface area contributed by atoms with E-state index in [-0.39, 0.29) is 6.61 Å². The first kappa shape index (κ1) is 15.7. The molecule has 1 aliphatic rings. The van der Waals surface area contributed by atoms with Gasteiger partial charge >= 0.3 is 5.97 Å². The fourth-order valence-corrected chi connectivity index (χ4v) is 2.24. The number of carbonyl (C=O) groups is 1. The van der Waals surface area contributed by atoms with Crippen LogP contribution in [0.5, 0.6) is 0 Å². The van der Waals surface area contributed by atoms with Gasteiger partial charge in [0.1, 0.15) is 5.60 Å². The third-order valence-electron chi connectivity index (χ3n) is 3.43. The molecule has 0 radical (unpaired) electrons. The first-order valence-corrected chi connectivity index (χ1v) is 7.30. The number of hydrogen-bond donors (Lipinski definition) is 1. The number of nitrogens with zero attached hydrogens (tertiary/aromatic N) is 3. The molecule has 0 unspecified atom stereocenters. The molecule has 0 bridgehead atoms. The van der Waals surface area contributed by atoms with Gasteiger partial charge in [-0.25, -0.2) is 14.8 Å². The maximum Gasteiger partial charge on any atom is 0.341 e. The van der Waals surface area contributed by atoms with E-state index in [0.29, 0.717) is 17.4 Å². The Balaban J connectivity index is 1.98. The smallest absolute Gasteiger partial charge is 0.341 e. The van der Waals surface area contributed by atoms with Gasteiger partial charge in [-0.05, 0) is 39.5 Å². The molecule has 1 aromatic rings. The third kappa shape index (κ3) is 4.39. The average molecular weight is 293 g/mol. The summed E-state index contributed by atoms with van der Waals surface area (Å²) < 4.78 is 5.28. The van der Waals surface area contributed by atoms with Crippen LogP contribution in [-0.4, -0.2) is 46.3 Å². The average Bonchev–Trinajstić information content (AvgIpc) is 2.46. The lowest BCUT2D eigenvalue weighted by Crippen LogP contribution is -2.35. The van der Waals surface area contributed by atoms with Gasteiger partial charge < -0.3 is 14.7 Å². The number of piperidine rings is 1. The van der Waals surface area contributed by atoms with Crippen molar-refractivity contribution >= 4 is 11.9 Å². The fraction of sp³-hybridized carbons (Fsp3) is 0.667. The Bertz CT molecular complexity index is 474. The summed E-state index contributed by atoms with van der Waals surface area (Å²) in [5, 5.41) is 9.14. The van der Waals surface area contributed by atoms with Crippen molar-refractivity contribution in [2.75, 3.05) is 24.6 Å². The van der Waals surface area contributed by atoms with Gasteiger partial charge in [-0.2, -0.15) is 0 Å². The molecular weight excluding hydrogens is 270 g/mol. The summed E-state index contributed by atoms with van der Waals surface area (Å²) in [5.74, 6) is 0.592. The van der Waals surface area contributed by atoms with Crippen molar-refractivity contribution in [3.8, 4) is 0 Å². The molecule has 1 aromatic heterocycles. The van der Waals surface area contributed by atoms with E-state index in [1.165, 1.54) is 12.4 Å². The van der Waals surface area contributed by atoms with E-state index in [4.69, 9.17) is 9.84 Å². The maximum atomic E-state index is 11.9. The van der Waals surface area contributed by atoms with Gasteiger partial charge in [0, 0.05) is 32.1 Å². The number of aliphatic hydroxyl groups excluding tert-OH is 1. The number of esters is 1. The number of hydrogen-bond acceptors (Lipinski definition) is 6. The molecule has 0 saturated carbocycles. The Morgan fingerprint density at radius 3 is 2.38 bits per heavy atom. The van der Waals surface area contributed by atoms with Crippen LogP contribution in [0.3, 0.4) is 0 Å². The summed E-state index contributed by atoms with van der Waals surface area (Å²) in [6, 6.07) is 0. The standard InChI is InChI=1S/C15H23N3O3/c1-15(2,3)21-13(20)12-8-16-14(17-9-12)18-6-4-11(10-19)5-7-18/h8-9,11,19H,4-7,10H2,1-3H3. The summed E-state index contributed by atoms with van der Waals surface area (Å²) in [5.41, 5.74) is -0.166. The maximum absolute atomic E-state index is 11.9. The molecule has 6 heteroatoms. The second-order valence-electron chi connectivity index (χ2n) is 6.39. The molecule has 2 rings (SSSR count). The summed E-state index contributed by atoms with van der Waals surface area (Å²) in [7, 11) is 0. The van der Waals surface area contributed by atoms with Crippen LogP contribution in [0, 0.1) is 5.92 Å². The number of anilines is 1. The molecule has 1 fully saturated rings. The number of ether oxygens (including phenoxy) is 1. The number of rotatable bonds is 3. The highest BCUT2D eigenvalue weighted by atomic mass is 16.6. The van der Waals surface area contributed by atoms with Gasteiger partial charge in [-0.15, -0.1) is 0 Å². The van der Waals surface area contributed by atoms with Crippen molar-refractivity contribution in [2.45, 2.75) is 39.2 Å². The molecule has 0 aromatic carbocycles. The van der Waals surface area contributed by atoms with E-state index in [9.17, 15) is 4.79 Å². The molecule has 0 atom stereocenters. The minimum absolute atomic E-state index is 0.242. The number of carbonyl (C=O) groups excluding carboxylic acids is 1. The Morgan fingerprint density at radius 1 is 1.33 bits per heavy atom. The Labute approximate surface area is 125 Å². The number of aliphatic hydroxyl groups is 1. The Kier molecular flexibility index (Phi) is 4.77. The molecule has 0 amide bonds. The molecule has 1 N–H and O–H groups in total. The van der Waals surface area contributed by atoms with Gasteiger partial charge in [-0.1, -0.05) is 0 Å². The largest absolute Gasteiger partial charge is 0.456 e. The van der Waals surface area contributed by atoms with Crippen LogP contribution in [0.2, 0.25) is 0 Å². The predicted molar refractivity (Wildman–Crippen MR) is 79.2 cm³/mol. The van der Waals surface area contributed by atoms with Crippen LogP contribution in [0.15, 0.2) is 12.4 Å². The lowest BCUT2D eigenvalue weighted by molar-refractivity contribution is 0.00686. The minimum Gasteiger partial charge on any atom is -0.456 e. The second kappa shape index (κ2) is 6.39. The van der Waals surface area contributed by atoms with Crippen molar-refractivity contribution in [3.05, 3.63) is 18.0 Å². The summed E-state index contributed by atoms with van der Waals surface area (Å²) >= 11 is 0. The normalized spacial score (nSPS) is 16.9. The van der Waals surface area contributed by atoms with E-state index in [2.05, 4.69) is 14.9 Å². The summed E-state index contributed by atoms with van der Waals surface area (Å²) in [6.45, 7) is 7.38.